The highest BCUT2D eigenvalue weighted by Crippen LogP contribution is 2.38. The molecule has 1 aliphatic carbocycles. The van der Waals surface area contributed by atoms with Crippen molar-refractivity contribution in [2.45, 2.75) is 89.4 Å². The number of carbonyl (C=O) groups is 2. The Morgan fingerprint density at radius 2 is 2.00 bits per heavy atom. The summed E-state index contributed by atoms with van der Waals surface area (Å²) >= 11 is 6.33. The second kappa shape index (κ2) is 16.1. The van der Waals surface area contributed by atoms with Crippen LogP contribution in [-0.4, -0.2) is 74.2 Å². The molecule has 8 nitrogen and oxygen atoms in total. The molecule has 0 spiro atoms. The van der Waals surface area contributed by atoms with Crippen LogP contribution < -0.4 is 5.32 Å². The van der Waals surface area contributed by atoms with Gasteiger partial charge in [0.05, 0.1) is 38.6 Å². The predicted molar refractivity (Wildman–Crippen MR) is 159 cm³/mol. The summed E-state index contributed by atoms with van der Waals surface area (Å²) in [5, 5.41) is 14.7. The van der Waals surface area contributed by atoms with E-state index in [-0.39, 0.29) is 30.0 Å². The van der Waals surface area contributed by atoms with Crippen molar-refractivity contribution in [2.24, 2.45) is 23.7 Å². The summed E-state index contributed by atoms with van der Waals surface area (Å²) in [5.74, 6) is 1.06. The van der Waals surface area contributed by atoms with Crippen LogP contribution in [0.3, 0.4) is 0 Å². The number of halogens is 1. The van der Waals surface area contributed by atoms with Crippen LogP contribution in [0.5, 0.6) is 0 Å². The normalized spacial score (nSPS) is 25.6. The molecular weight excluding hydrogens is 544 g/mol. The van der Waals surface area contributed by atoms with E-state index in [2.05, 4.69) is 17.0 Å². The first kappa shape index (κ1) is 32.1. The maximum absolute atomic E-state index is 13.8. The average molecular weight is 593 g/mol. The Labute approximate surface area is 250 Å². The van der Waals surface area contributed by atoms with Crippen molar-refractivity contribution < 1.29 is 28.9 Å². The summed E-state index contributed by atoms with van der Waals surface area (Å²) in [5.41, 5.74) is 0.966. The number of aliphatic hydroxyl groups excluding tert-OH is 1. The number of likely N-dealkylation sites (tertiary alicyclic amines) is 1. The Kier molecular flexibility index (Phi) is 12.6. The molecule has 3 aliphatic rings. The minimum atomic E-state index is -0.606. The van der Waals surface area contributed by atoms with Crippen molar-refractivity contribution in [3.05, 3.63) is 34.9 Å². The maximum Gasteiger partial charge on any atom is 0.406 e. The minimum Gasteiger partial charge on any atom is -0.453 e. The van der Waals surface area contributed by atoms with Gasteiger partial charge in [-0.05, 0) is 55.2 Å². The van der Waals surface area contributed by atoms with Crippen molar-refractivity contribution >= 4 is 23.6 Å². The summed E-state index contributed by atoms with van der Waals surface area (Å²) in [7, 11) is 1.33. The van der Waals surface area contributed by atoms with E-state index in [1.165, 1.54) is 39.2 Å². The van der Waals surface area contributed by atoms with Gasteiger partial charge >= 0.3 is 6.09 Å². The van der Waals surface area contributed by atoms with Crippen molar-refractivity contribution in [2.75, 3.05) is 40.0 Å². The number of ether oxygens (including phenoxy) is 3. The van der Waals surface area contributed by atoms with Gasteiger partial charge in [0.1, 0.15) is 0 Å². The lowest BCUT2D eigenvalue weighted by Crippen LogP contribution is -2.51. The number of nitrogens with one attached hydrogen (secondary N) is 1. The first-order valence-electron chi connectivity index (χ1n) is 15.7. The van der Waals surface area contributed by atoms with E-state index in [9.17, 15) is 14.7 Å². The second-order valence-electron chi connectivity index (χ2n) is 12.2. The third-order valence-corrected chi connectivity index (χ3v) is 9.61. The van der Waals surface area contributed by atoms with Crippen LogP contribution in [-0.2, 0) is 19.0 Å². The maximum atomic E-state index is 13.8. The fourth-order valence-electron chi connectivity index (χ4n) is 6.97. The number of nitrogens with zero attached hydrogens (tertiary/aromatic N) is 1. The molecule has 1 aromatic rings. The molecule has 230 valence electrons. The number of hydrogen-bond acceptors (Lipinski definition) is 6. The average Bonchev–Trinajstić information content (AvgIpc) is 2.97. The number of amides is 2. The fourth-order valence-corrected chi connectivity index (χ4v) is 7.17. The first-order chi connectivity index (χ1) is 19.9. The Balaban J connectivity index is 1.42. The Morgan fingerprint density at radius 1 is 1.20 bits per heavy atom. The fraction of sp³-hybridized carbons (Fsp3) is 0.750. The Bertz CT molecular complexity index is 971. The first-order valence-corrected chi connectivity index (χ1v) is 16.0. The molecule has 4 rings (SSSR count). The minimum absolute atomic E-state index is 0.0882. The van der Waals surface area contributed by atoms with E-state index in [4.69, 9.17) is 21.1 Å². The van der Waals surface area contributed by atoms with Gasteiger partial charge in [-0.3, -0.25) is 4.79 Å². The number of methoxy groups -OCH3 is 1. The number of rotatable bonds is 13. The van der Waals surface area contributed by atoms with E-state index >= 15 is 0 Å². The summed E-state index contributed by atoms with van der Waals surface area (Å²) < 4.78 is 16.8. The van der Waals surface area contributed by atoms with E-state index in [1.54, 1.807) is 0 Å². The summed E-state index contributed by atoms with van der Waals surface area (Å²) in [6.45, 7) is 4.78. The third kappa shape index (κ3) is 9.06. The number of aliphatic hydroxyl groups is 1. The van der Waals surface area contributed by atoms with Crippen LogP contribution in [0.4, 0.5) is 4.79 Å². The van der Waals surface area contributed by atoms with Crippen LogP contribution in [0.25, 0.3) is 0 Å². The predicted octanol–water partition coefficient (Wildman–Crippen LogP) is 5.75. The lowest BCUT2D eigenvalue weighted by molar-refractivity contribution is -0.184. The number of carbonyl (C=O) groups excluding carboxylic acids is 2. The zero-order chi connectivity index (χ0) is 29.2. The van der Waals surface area contributed by atoms with Crippen LogP contribution in [0, 0.1) is 23.7 Å². The van der Waals surface area contributed by atoms with Gasteiger partial charge < -0.3 is 29.5 Å². The largest absolute Gasteiger partial charge is 0.453 e. The molecule has 2 aliphatic heterocycles. The van der Waals surface area contributed by atoms with Gasteiger partial charge in [-0.1, -0.05) is 62.8 Å². The van der Waals surface area contributed by atoms with Crippen LogP contribution >= 0.6 is 11.6 Å². The van der Waals surface area contributed by atoms with E-state index in [0.717, 1.165) is 31.2 Å². The zero-order valence-corrected chi connectivity index (χ0v) is 25.5. The Morgan fingerprint density at radius 3 is 2.68 bits per heavy atom. The Hall–Kier alpha value is -1.87. The highest BCUT2D eigenvalue weighted by atomic mass is 35.5. The molecule has 6 atom stereocenters. The second-order valence-corrected chi connectivity index (χ2v) is 12.6. The van der Waals surface area contributed by atoms with Gasteiger partial charge in [-0.2, -0.15) is 0 Å². The van der Waals surface area contributed by atoms with Crippen LogP contribution in [0.1, 0.15) is 82.8 Å². The number of alkyl carbamates (subject to hydrolysis) is 1. The van der Waals surface area contributed by atoms with Crippen molar-refractivity contribution in [3.63, 3.8) is 0 Å². The number of benzene rings is 1. The van der Waals surface area contributed by atoms with E-state index in [1.807, 2.05) is 29.2 Å². The van der Waals surface area contributed by atoms with E-state index < -0.39 is 12.2 Å². The number of piperidine rings is 1. The topological polar surface area (TPSA) is 97.3 Å². The summed E-state index contributed by atoms with van der Waals surface area (Å²) in [6, 6.07) is 7.67. The van der Waals surface area contributed by atoms with Gasteiger partial charge in [0.2, 0.25) is 5.91 Å². The van der Waals surface area contributed by atoms with Gasteiger partial charge in [0, 0.05) is 42.9 Å². The lowest BCUT2D eigenvalue weighted by atomic mass is 9.76. The van der Waals surface area contributed by atoms with Gasteiger partial charge in [0.15, 0.2) is 0 Å². The molecule has 1 saturated carbocycles. The summed E-state index contributed by atoms with van der Waals surface area (Å²) in [4.78, 5) is 27.3. The van der Waals surface area contributed by atoms with Crippen LogP contribution in [0.15, 0.2) is 24.3 Å². The molecule has 0 radical (unpaired) electrons. The molecule has 0 unspecified atom stereocenters. The molecule has 1 aromatic carbocycles. The number of hydrogen-bond donors (Lipinski definition) is 2. The van der Waals surface area contributed by atoms with Crippen molar-refractivity contribution in [1.82, 2.24) is 10.2 Å². The molecule has 2 saturated heterocycles. The monoisotopic (exact) mass is 592 g/mol. The van der Waals surface area contributed by atoms with E-state index in [0.29, 0.717) is 56.1 Å². The van der Waals surface area contributed by atoms with Gasteiger partial charge in [0.25, 0.3) is 0 Å². The third-order valence-electron chi connectivity index (χ3n) is 9.38. The molecule has 41 heavy (non-hydrogen) atoms. The standard InChI is InChI=1S/C32H49ClN2O6/c1-3-23-21-41-31(23)29(37)26(17-22-9-5-4-6-10-22)19-28(36)35-15-8-12-25(20-35)30(24-11-7-13-27(33)18-24)40-16-14-34-32(38)39-2/h7,11,13,18,22-23,25-26,29-31,37H,3-6,8-10,12,14-17,19-21H2,1-2H3,(H,34,38)/t23-,25+,26+,29+,30-,31-/m0/s1. The molecule has 2 N–H and O–H groups in total. The molecule has 9 heteroatoms. The van der Waals surface area contributed by atoms with Crippen molar-refractivity contribution in [3.8, 4) is 0 Å². The zero-order valence-electron chi connectivity index (χ0n) is 24.8. The molecule has 3 fully saturated rings. The summed E-state index contributed by atoms with van der Waals surface area (Å²) in [6.07, 6.45) is 8.67. The highest BCUT2D eigenvalue weighted by Gasteiger charge is 2.42. The highest BCUT2D eigenvalue weighted by molar-refractivity contribution is 6.30. The molecule has 2 amide bonds. The molecule has 2 heterocycles. The van der Waals surface area contributed by atoms with Crippen LogP contribution in [0.2, 0.25) is 5.02 Å². The molecular formula is C32H49ClN2O6. The van der Waals surface area contributed by atoms with Gasteiger partial charge in [-0.25, -0.2) is 4.79 Å². The van der Waals surface area contributed by atoms with Crippen molar-refractivity contribution in [1.29, 1.82) is 0 Å². The smallest absolute Gasteiger partial charge is 0.406 e. The SMILES string of the molecule is CC[C@H]1CO[C@@H]1[C@H](O)[C@@H](CC(=O)N1CCC[C@@H]([C@@H](OCCNC(=O)OC)c2cccc(Cl)c2)C1)CC1CCCCC1. The van der Waals surface area contributed by atoms with Gasteiger partial charge in [-0.15, -0.1) is 0 Å². The lowest BCUT2D eigenvalue weighted by Gasteiger charge is -2.43. The molecule has 0 bridgehead atoms. The molecule has 0 aromatic heterocycles. The quantitative estimate of drug-likeness (QED) is 0.283.